The summed E-state index contributed by atoms with van der Waals surface area (Å²) < 4.78 is 0. The molecule has 0 saturated heterocycles. The van der Waals surface area contributed by atoms with E-state index in [1.807, 2.05) is 13.8 Å². The van der Waals surface area contributed by atoms with Crippen molar-refractivity contribution in [1.82, 2.24) is 36.8 Å². The van der Waals surface area contributed by atoms with Gasteiger partial charge < -0.3 is 76.3 Å². The van der Waals surface area contributed by atoms with Crippen LogP contribution in [0, 0.1) is 5.92 Å². The van der Waals surface area contributed by atoms with E-state index in [2.05, 4.69) is 36.9 Å². The number of hydrogen-bond acceptors (Lipinski definition) is 13. The van der Waals surface area contributed by atoms with Gasteiger partial charge in [0.05, 0.1) is 13.1 Å². The third-order valence-corrected chi connectivity index (χ3v) is 9.98. The molecule has 0 saturated carbocycles. The fraction of sp³-hybridized carbons (Fsp3) is 0.667. The third kappa shape index (κ3) is 23.7. The van der Waals surface area contributed by atoms with Gasteiger partial charge in [-0.25, -0.2) is 0 Å². The second kappa shape index (κ2) is 32.1. The quantitative estimate of drug-likeness (QED) is 0.0186. The summed E-state index contributed by atoms with van der Waals surface area (Å²) in [5.41, 5.74) is 34.0. The van der Waals surface area contributed by atoms with Crippen molar-refractivity contribution in [2.45, 2.75) is 122 Å². The number of nitrogens with two attached hydrogens (primary N) is 6. The van der Waals surface area contributed by atoms with E-state index in [1.165, 1.54) is 12.1 Å². The summed E-state index contributed by atoms with van der Waals surface area (Å²) in [6, 6.07) is -0.115. The first-order valence-electron chi connectivity index (χ1n) is 22.2. The average Bonchev–Trinajstić information content (AvgIpc) is 3.24. The summed E-state index contributed by atoms with van der Waals surface area (Å²) >= 11 is 0. The number of aromatic hydroxyl groups is 1. The minimum Gasteiger partial charge on any atom is -0.508 e. The molecule has 0 bridgehead atoms. The molecule has 22 nitrogen and oxygen atoms in total. The maximum Gasteiger partial charge on any atom is 0.245 e. The van der Waals surface area contributed by atoms with Crippen LogP contribution in [0.5, 0.6) is 5.75 Å². The van der Waals surface area contributed by atoms with Gasteiger partial charge in [0.15, 0.2) is 5.96 Å². The number of hydrogen-bond donors (Lipinski definition) is 13. The lowest BCUT2D eigenvalue weighted by atomic mass is 10.0. The number of unbranched alkanes of at least 4 members (excludes halogenated alkanes) is 3. The predicted octanol–water partition coefficient (Wildman–Crippen LogP) is -3.01. The molecule has 1 rings (SSSR count). The number of primary amides is 1. The number of guanidine groups is 1. The zero-order valence-electron chi connectivity index (χ0n) is 37.9. The molecule has 1 aromatic carbocycles. The van der Waals surface area contributed by atoms with Gasteiger partial charge in [0.1, 0.15) is 36.0 Å². The first-order chi connectivity index (χ1) is 30.4. The van der Waals surface area contributed by atoms with Crippen LogP contribution in [0.4, 0.5) is 0 Å². The number of aliphatic imine (C=N–C) groups is 1. The van der Waals surface area contributed by atoms with E-state index in [0.717, 1.165) is 30.6 Å². The van der Waals surface area contributed by atoms with Crippen LogP contribution in [0.3, 0.4) is 0 Å². The van der Waals surface area contributed by atoms with Gasteiger partial charge >= 0.3 is 0 Å². The lowest BCUT2D eigenvalue weighted by Crippen LogP contribution is -2.61. The summed E-state index contributed by atoms with van der Waals surface area (Å²) in [6.07, 6.45) is 5.41. The van der Waals surface area contributed by atoms with E-state index in [-0.39, 0.29) is 69.5 Å². The van der Waals surface area contributed by atoms with Crippen molar-refractivity contribution in [3.8, 4) is 5.75 Å². The van der Waals surface area contributed by atoms with Gasteiger partial charge in [-0.15, -0.1) is 0 Å². The smallest absolute Gasteiger partial charge is 0.245 e. The van der Waals surface area contributed by atoms with Crippen molar-refractivity contribution in [3.05, 3.63) is 29.8 Å². The number of phenolic OH excluding ortho intramolecular Hbond substituents is 1. The van der Waals surface area contributed by atoms with Gasteiger partial charge in [0, 0.05) is 32.6 Å². The van der Waals surface area contributed by atoms with E-state index in [9.17, 15) is 38.7 Å². The van der Waals surface area contributed by atoms with Gasteiger partial charge in [-0.05, 0) is 81.6 Å². The first kappa shape index (κ1) is 56.4. The number of nitrogens with zero attached hydrogens (tertiary/aromatic N) is 2. The predicted molar refractivity (Wildman–Crippen MR) is 245 cm³/mol. The number of carbonyl (C=O) groups excluding carboxylic acids is 7. The van der Waals surface area contributed by atoms with Crippen molar-refractivity contribution in [2.24, 2.45) is 45.3 Å². The maximum atomic E-state index is 14.0. The van der Waals surface area contributed by atoms with E-state index >= 15 is 0 Å². The van der Waals surface area contributed by atoms with Crippen LogP contribution in [0.25, 0.3) is 0 Å². The SMILES string of the molecule is CCC[C@H](NC(=O)[C@H](CCCN=C(N)N)NC(=O)CNCCCCCCN)C(=O)N[C@@H](Cc1ccc(O)cc1)C(=O)N[C@@H](CN)C(=O)N[C@@H](CCC(C)C)C(=O)N(CCN)CC(N)=O. The fourth-order valence-electron chi connectivity index (χ4n) is 6.51. The summed E-state index contributed by atoms with van der Waals surface area (Å²) in [6.45, 7) is 6.28. The zero-order valence-corrected chi connectivity index (χ0v) is 37.9. The molecule has 22 heteroatoms. The Bertz CT molecular complexity index is 1630. The molecular weight excluding hydrogens is 829 g/mol. The molecule has 1 aromatic rings. The number of phenols is 1. The highest BCUT2D eigenvalue weighted by Gasteiger charge is 2.33. The van der Waals surface area contributed by atoms with Gasteiger partial charge in [0.2, 0.25) is 41.4 Å². The van der Waals surface area contributed by atoms with Crippen LogP contribution in [0.2, 0.25) is 0 Å². The van der Waals surface area contributed by atoms with E-state index in [1.54, 1.807) is 19.1 Å². The molecule has 0 aromatic heterocycles. The fourth-order valence-corrected chi connectivity index (χ4v) is 6.51. The van der Waals surface area contributed by atoms with Crippen LogP contribution in [-0.4, -0.2) is 140 Å². The van der Waals surface area contributed by atoms with Crippen LogP contribution in [0.15, 0.2) is 29.3 Å². The van der Waals surface area contributed by atoms with Crippen molar-refractivity contribution < 1.29 is 38.7 Å². The summed E-state index contributed by atoms with van der Waals surface area (Å²) in [5, 5.41) is 26.4. The molecule has 7 amide bonds. The molecule has 0 radical (unpaired) electrons. The Balaban J connectivity index is 3.33. The Morgan fingerprint density at radius 1 is 0.672 bits per heavy atom. The standard InChI is InChI=1S/C42H76N14O8/c1-4-10-30(52-38(61)31(11-9-21-50-42(47)48)51-36(59)25-49-20-8-6-5-7-18-43)37(60)54-33(23-28-13-15-29(57)16-14-28)39(62)55-34(24-45)40(63)53-32(17-12-27(2)3)41(64)56(22-19-44)26-35(46)58/h13-16,27,30-34,49,57H,4-12,17-26,43-45H2,1-3H3,(H2,46,58)(H,51,59)(H,52,61)(H,53,63)(H,54,60)(H,55,62)(H4,47,48,50)/t30-,31-,32-,33-,34-/m0/s1. The Morgan fingerprint density at radius 2 is 1.25 bits per heavy atom. The second-order valence-corrected chi connectivity index (χ2v) is 16.1. The molecule has 0 spiro atoms. The highest BCUT2D eigenvalue weighted by molar-refractivity contribution is 5.97. The van der Waals surface area contributed by atoms with Gasteiger partial charge in [0.25, 0.3) is 0 Å². The molecule has 64 heavy (non-hydrogen) atoms. The second-order valence-electron chi connectivity index (χ2n) is 16.1. The van der Waals surface area contributed by atoms with Crippen LogP contribution in [-0.2, 0) is 40.0 Å². The molecule has 19 N–H and O–H groups in total. The average molecular weight is 905 g/mol. The lowest BCUT2D eigenvalue weighted by molar-refractivity contribution is -0.139. The number of amides is 7. The van der Waals surface area contributed by atoms with E-state index in [4.69, 9.17) is 34.4 Å². The van der Waals surface area contributed by atoms with Crippen LogP contribution >= 0.6 is 0 Å². The number of benzene rings is 1. The van der Waals surface area contributed by atoms with Crippen molar-refractivity contribution in [2.75, 3.05) is 52.4 Å². The minimum absolute atomic E-state index is 0.00767. The summed E-state index contributed by atoms with van der Waals surface area (Å²) in [5.74, 6) is -4.76. The summed E-state index contributed by atoms with van der Waals surface area (Å²) in [4.78, 5) is 98.9. The Labute approximate surface area is 376 Å². The molecule has 0 unspecified atom stereocenters. The van der Waals surface area contributed by atoms with Crippen molar-refractivity contribution >= 4 is 47.3 Å². The molecule has 0 fully saturated rings. The van der Waals surface area contributed by atoms with Crippen molar-refractivity contribution in [1.29, 1.82) is 0 Å². The molecule has 362 valence electrons. The highest BCUT2D eigenvalue weighted by Crippen LogP contribution is 2.13. The number of rotatable bonds is 34. The van der Waals surface area contributed by atoms with Crippen LogP contribution in [0.1, 0.15) is 90.5 Å². The Morgan fingerprint density at radius 3 is 1.83 bits per heavy atom. The summed E-state index contributed by atoms with van der Waals surface area (Å²) in [7, 11) is 0. The monoisotopic (exact) mass is 905 g/mol. The lowest BCUT2D eigenvalue weighted by Gasteiger charge is -2.29. The normalized spacial score (nSPS) is 13.4. The zero-order chi connectivity index (χ0) is 48.0. The molecule has 0 aliphatic carbocycles. The molecule has 0 aliphatic heterocycles. The largest absolute Gasteiger partial charge is 0.508 e. The Hall–Kier alpha value is -5.58. The minimum atomic E-state index is -1.37. The van der Waals surface area contributed by atoms with Crippen molar-refractivity contribution in [3.63, 3.8) is 0 Å². The van der Waals surface area contributed by atoms with Gasteiger partial charge in [-0.2, -0.15) is 0 Å². The number of nitrogens with one attached hydrogen (secondary N) is 6. The maximum absolute atomic E-state index is 14.0. The highest BCUT2D eigenvalue weighted by atomic mass is 16.3. The topological polar surface area (TPSA) is 384 Å². The van der Waals surface area contributed by atoms with E-state index < -0.39 is 84.6 Å². The molecule has 0 aliphatic rings. The van der Waals surface area contributed by atoms with Gasteiger partial charge in [-0.1, -0.05) is 52.2 Å². The van der Waals surface area contributed by atoms with Crippen LogP contribution < -0.4 is 66.3 Å². The van der Waals surface area contributed by atoms with E-state index in [0.29, 0.717) is 37.9 Å². The first-order valence-corrected chi connectivity index (χ1v) is 22.2. The molecule has 5 atom stereocenters. The third-order valence-electron chi connectivity index (χ3n) is 9.98. The number of carbonyl (C=O) groups is 7. The molecular formula is C42H76N14O8. The van der Waals surface area contributed by atoms with Gasteiger partial charge in [-0.3, -0.25) is 38.6 Å². The Kier molecular flexibility index (Phi) is 28.3. The molecule has 0 heterocycles.